The molecule has 0 saturated carbocycles. The van der Waals surface area contributed by atoms with Crippen molar-refractivity contribution in [3.8, 4) is 0 Å². The van der Waals surface area contributed by atoms with E-state index >= 15 is 0 Å². The first kappa shape index (κ1) is 20.8. The van der Waals surface area contributed by atoms with Gasteiger partial charge in [-0.05, 0) is 36.2 Å². The van der Waals surface area contributed by atoms with Crippen LogP contribution in [0.2, 0.25) is 0 Å². The summed E-state index contributed by atoms with van der Waals surface area (Å²) in [6.45, 7) is 0.329. The lowest BCUT2D eigenvalue weighted by Crippen LogP contribution is -2.31. The van der Waals surface area contributed by atoms with Crippen LogP contribution in [0.4, 0.5) is 4.39 Å². The minimum Gasteiger partial charge on any atom is -0.459 e. The molecule has 2 amide bonds. The van der Waals surface area contributed by atoms with E-state index in [-0.39, 0.29) is 24.0 Å². The Morgan fingerprint density at radius 2 is 1.86 bits per heavy atom. The molecule has 0 aliphatic rings. The number of amides is 2. The summed E-state index contributed by atoms with van der Waals surface area (Å²) in [6, 6.07) is 16.6. The second kappa shape index (κ2) is 10.0. The highest BCUT2D eigenvalue weighted by atomic mass is 79.9. The predicted octanol–water partition coefficient (Wildman–Crippen LogP) is 4.60. The lowest BCUT2D eigenvalue weighted by molar-refractivity contribution is -0.121. The lowest BCUT2D eigenvalue weighted by atomic mass is 9.98. The van der Waals surface area contributed by atoms with Gasteiger partial charge in [0, 0.05) is 23.0 Å². The molecular formula is C22H20BrFN2O3. The summed E-state index contributed by atoms with van der Waals surface area (Å²) in [5, 5.41) is 5.59. The molecule has 150 valence electrons. The summed E-state index contributed by atoms with van der Waals surface area (Å²) in [7, 11) is 0. The number of nitrogens with one attached hydrogen (secondary N) is 2. The average Bonchev–Trinajstić information content (AvgIpc) is 3.25. The molecule has 7 heteroatoms. The molecule has 0 fully saturated rings. The SMILES string of the molecule is O=C(CCCNC(=O)c1ccco1)NC(c1ccccc1)c1ccc(Br)cc1F. The van der Waals surface area contributed by atoms with Crippen LogP contribution in [0.3, 0.4) is 0 Å². The van der Waals surface area contributed by atoms with Crippen LogP contribution < -0.4 is 10.6 Å². The number of hydrogen-bond acceptors (Lipinski definition) is 3. The quantitative estimate of drug-likeness (QED) is 0.484. The van der Waals surface area contributed by atoms with Gasteiger partial charge in [-0.2, -0.15) is 0 Å². The van der Waals surface area contributed by atoms with E-state index in [0.29, 0.717) is 23.0 Å². The van der Waals surface area contributed by atoms with Crippen molar-refractivity contribution in [2.45, 2.75) is 18.9 Å². The van der Waals surface area contributed by atoms with E-state index in [2.05, 4.69) is 26.6 Å². The highest BCUT2D eigenvalue weighted by molar-refractivity contribution is 9.10. The Bertz CT molecular complexity index is 961. The van der Waals surface area contributed by atoms with E-state index in [4.69, 9.17) is 4.42 Å². The van der Waals surface area contributed by atoms with Crippen LogP contribution in [0.1, 0.15) is 40.6 Å². The topological polar surface area (TPSA) is 71.3 Å². The van der Waals surface area contributed by atoms with Crippen LogP contribution >= 0.6 is 15.9 Å². The normalized spacial score (nSPS) is 11.7. The summed E-state index contributed by atoms with van der Waals surface area (Å²) < 4.78 is 20.2. The van der Waals surface area contributed by atoms with Crippen LogP contribution in [0.15, 0.2) is 75.8 Å². The Hall–Kier alpha value is -2.93. The second-order valence-electron chi connectivity index (χ2n) is 6.41. The van der Waals surface area contributed by atoms with E-state index in [0.717, 1.165) is 5.56 Å². The summed E-state index contributed by atoms with van der Waals surface area (Å²) in [4.78, 5) is 24.3. The molecule has 0 saturated heterocycles. The van der Waals surface area contributed by atoms with Gasteiger partial charge in [-0.1, -0.05) is 52.3 Å². The van der Waals surface area contributed by atoms with Crippen LogP contribution in [0, 0.1) is 5.82 Å². The summed E-state index contributed by atoms with van der Waals surface area (Å²) in [5.74, 6) is -0.730. The Balaban J connectivity index is 1.60. The van der Waals surface area contributed by atoms with Crippen molar-refractivity contribution in [2.24, 2.45) is 0 Å². The molecule has 2 aromatic carbocycles. The fourth-order valence-electron chi connectivity index (χ4n) is 2.90. The summed E-state index contributed by atoms with van der Waals surface area (Å²) >= 11 is 3.25. The highest BCUT2D eigenvalue weighted by Crippen LogP contribution is 2.26. The molecule has 0 aliphatic heterocycles. The van der Waals surface area contributed by atoms with Crippen LogP contribution in [-0.4, -0.2) is 18.4 Å². The number of benzene rings is 2. The molecule has 0 bridgehead atoms. The Morgan fingerprint density at radius 3 is 2.55 bits per heavy atom. The molecule has 1 heterocycles. The molecule has 3 aromatic rings. The third-order valence-corrected chi connectivity index (χ3v) is 4.82. The molecule has 1 aromatic heterocycles. The van der Waals surface area contributed by atoms with E-state index in [1.54, 1.807) is 24.3 Å². The minimum atomic E-state index is -0.602. The molecular weight excluding hydrogens is 439 g/mol. The third-order valence-electron chi connectivity index (χ3n) is 4.32. The average molecular weight is 459 g/mol. The number of rotatable bonds is 8. The van der Waals surface area contributed by atoms with Gasteiger partial charge in [0.2, 0.25) is 5.91 Å². The van der Waals surface area contributed by atoms with Crippen molar-refractivity contribution in [1.82, 2.24) is 10.6 Å². The van der Waals surface area contributed by atoms with Crippen molar-refractivity contribution < 1.29 is 18.4 Å². The van der Waals surface area contributed by atoms with Crippen molar-refractivity contribution >= 4 is 27.7 Å². The monoisotopic (exact) mass is 458 g/mol. The first-order valence-electron chi connectivity index (χ1n) is 9.15. The maximum atomic E-state index is 14.5. The number of hydrogen-bond donors (Lipinski definition) is 2. The minimum absolute atomic E-state index is 0.194. The zero-order chi connectivity index (χ0) is 20.6. The van der Waals surface area contributed by atoms with E-state index in [1.165, 1.54) is 12.3 Å². The molecule has 2 N–H and O–H groups in total. The first-order valence-corrected chi connectivity index (χ1v) is 9.95. The molecule has 3 rings (SSSR count). The zero-order valence-electron chi connectivity index (χ0n) is 15.5. The van der Waals surface area contributed by atoms with Crippen LogP contribution in [-0.2, 0) is 4.79 Å². The third kappa shape index (κ3) is 5.77. The second-order valence-corrected chi connectivity index (χ2v) is 7.33. The lowest BCUT2D eigenvalue weighted by Gasteiger charge is -2.20. The Kier molecular flexibility index (Phi) is 7.19. The number of carbonyl (C=O) groups excluding carboxylic acids is 2. The maximum Gasteiger partial charge on any atom is 0.286 e. The van der Waals surface area contributed by atoms with Crippen LogP contribution in [0.25, 0.3) is 0 Å². The molecule has 0 radical (unpaired) electrons. The van der Waals surface area contributed by atoms with Crippen molar-refractivity contribution in [3.63, 3.8) is 0 Å². The van der Waals surface area contributed by atoms with Gasteiger partial charge in [-0.25, -0.2) is 4.39 Å². The first-order chi connectivity index (χ1) is 14.0. The molecule has 1 unspecified atom stereocenters. The number of halogens is 2. The van der Waals surface area contributed by atoms with Gasteiger partial charge >= 0.3 is 0 Å². The van der Waals surface area contributed by atoms with E-state index in [1.807, 2.05) is 30.3 Å². The zero-order valence-corrected chi connectivity index (χ0v) is 17.1. The summed E-state index contributed by atoms with van der Waals surface area (Å²) in [6.07, 6.45) is 2.07. The molecule has 5 nitrogen and oxygen atoms in total. The fraction of sp³-hybridized carbons (Fsp3) is 0.182. The van der Waals surface area contributed by atoms with Gasteiger partial charge in [0.15, 0.2) is 5.76 Å². The fourth-order valence-corrected chi connectivity index (χ4v) is 3.23. The number of carbonyl (C=O) groups is 2. The summed E-state index contributed by atoms with van der Waals surface area (Å²) in [5.41, 5.74) is 1.17. The molecule has 1 atom stereocenters. The van der Waals surface area contributed by atoms with Crippen molar-refractivity contribution in [2.75, 3.05) is 6.54 Å². The van der Waals surface area contributed by atoms with Crippen LogP contribution in [0.5, 0.6) is 0 Å². The highest BCUT2D eigenvalue weighted by Gasteiger charge is 2.20. The largest absolute Gasteiger partial charge is 0.459 e. The standard InChI is InChI=1S/C22H20BrFN2O3/c23-16-10-11-17(18(24)14-16)21(15-6-2-1-3-7-15)26-20(27)9-4-12-25-22(28)19-8-5-13-29-19/h1-3,5-8,10-11,13-14,21H,4,9,12H2,(H,25,28)(H,26,27). The number of furan rings is 1. The van der Waals surface area contributed by atoms with E-state index in [9.17, 15) is 14.0 Å². The van der Waals surface area contributed by atoms with Gasteiger partial charge in [0.25, 0.3) is 5.91 Å². The van der Waals surface area contributed by atoms with Gasteiger partial charge in [0.05, 0.1) is 12.3 Å². The Morgan fingerprint density at radius 1 is 1.07 bits per heavy atom. The smallest absolute Gasteiger partial charge is 0.286 e. The Labute approximate surface area is 176 Å². The van der Waals surface area contributed by atoms with Crippen molar-refractivity contribution in [3.05, 3.63) is 94.1 Å². The van der Waals surface area contributed by atoms with Gasteiger partial charge < -0.3 is 15.1 Å². The predicted molar refractivity (Wildman–Crippen MR) is 111 cm³/mol. The van der Waals surface area contributed by atoms with Gasteiger partial charge in [0.1, 0.15) is 5.82 Å². The molecule has 0 spiro atoms. The van der Waals surface area contributed by atoms with E-state index < -0.39 is 11.9 Å². The van der Waals surface area contributed by atoms with Crippen molar-refractivity contribution in [1.29, 1.82) is 0 Å². The molecule has 0 aliphatic carbocycles. The maximum absolute atomic E-state index is 14.5. The van der Waals surface area contributed by atoms with Gasteiger partial charge in [-0.15, -0.1) is 0 Å². The molecule has 29 heavy (non-hydrogen) atoms. The van der Waals surface area contributed by atoms with Gasteiger partial charge in [-0.3, -0.25) is 9.59 Å².